The lowest BCUT2D eigenvalue weighted by Crippen LogP contribution is -2.43. The zero-order chi connectivity index (χ0) is 16.1. The molecule has 0 bridgehead atoms. The van der Waals surface area contributed by atoms with Crippen LogP contribution >= 0.6 is 0 Å². The van der Waals surface area contributed by atoms with Gasteiger partial charge in [-0.3, -0.25) is 0 Å². The first-order chi connectivity index (χ1) is 11.2. The van der Waals surface area contributed by atoms with Crippen molar-refractivity contribution in [2.75, 3.05) is 32.9 Å². The molecule has 23 heavy (non-hydrogen) atoms. The van der Waals surface area contributed by atoms with Gasteiger partial charge in [0.1, 0.15) is 5.75 Å². The Kier molecular flexibility index (Phi) is 5.92. The van der Waals surface area contributed by atoms with Gasteiger partial charge in [-0.15, -0.1) is 0 Å². The number of piperidine rings is 1. The van der Waals surface area contributed by atoms with Crippen molar-refractivity contribution in [3.05, 3.63) is 29.8 Å². The predicted molar refractivity (Wildman–Crippen MR) is 90.8 cm³/mol. The molecule has 1 aromatic rings. The Morgan fingerprint density at radius 1 is 1.26 bits per heavy atom. The highest BCUT2D eigenvalue weighted by atomic mass is 16.5. The van der Waals surface area contributed by atoms with Crippen LogP contribution in [-0.2, 0) is 11.2 Å². The standard InChI is InChI=1S/C19H29NO3/c1-15-12-18(21)7-10-20(15)9-6-16-2-4-19(5-3-16)23-14-17-8-11-22-13-17/h2-5,15,17-18,21H,6-14H2,1H3. The van der Waals surface area contributed by atoms with Gasteiger partial charge in [0.25, 0.3) is 0 Å². The van der Waals surface area contributed by atoms with E-state index in [-0.39, 0.29) is 6.10 Å². The highest BCUT2D eigenvalue weighted by Gasteiger charge is 2.23. The number of hydrogen-bond acceptors (Lipinski definition) is 4. The van der Waals surface area contributed by atoms with Gasteiger partial charge in [0.05, 0.1) is 19.3 Å². The van der Waals surface area contributed by atoms with Crippen LogP contribution in [0.5, 0.6) is 5.75 Å². The van der Waals surface area contributed by atoms with Crippen molar-refractivity contribution < 1.29 is 14.6 Å². The van der Waals surface area contributed by atoms with Gasteiger partial charge in [-0.05, 0) is 50.3 Å². The van der Waals surface area contributed by atoms with Gasteiger partial charge in [-0.2, -0.15) is 0 Å². The average molecular weight is 319 g/mol. The van der Waals surface area contributed by atoms with E-state index in [2.05, 4.69) is 36.1 Å². The summed E-state index contributed by atoms with van der Waals surface area (Å²) >= 11 is 0. The van der Waals surface area contributed by atoms with E-state index in [0.29, 0.717) is 12.0 Å². The minimum absolute atomic E-state index is 0.108. The van der Waals surface area contributed by atoms with Crippen LogP contribution in [0, 0.1) is 5.92 Å². The predicted octanol–water partition coefficient (Wildman–Crippen LogP) is 2.49. The summed E-state index contributed by atoms with van der Waals surface area (Å²) < 4.78 is 11.2. The van der Waals surface area contributed by atoms with E-state index in [1.165, 1.54) is 5.56 Å². The van der Waals surface area contributed by atoms with Gasteiger partial charge in [-0.25, -0.2) is 0 Å². The lowest BCUT2D eigenvalue weighted by Gasteiger charge is -2.35. The molecule has 2 aliphatic heterocycles. The molecule has 2 saturated heterocycles. The Bertz CT molecular complexity index is 470. The zero-order valence-electron chi connectivity index (χ0n) is 14.1. The summed E-state index contributed by atoms with van der Waals surface area (Å²) in [5.74, 6) is 1.50. The summed E-state index contributed by atoms with van der Waals surface area (Å²) in [5.41, 5.74) is 1.35. The molecule has 2 fully saturated rings. The Morgan fingerprint density at radius 3 is 2.78 bits per heavy atom. The number of nitrogens with zero attached hydrogens (tertiary/aromatic N) is 1. The molecule has 3 unspecified atom stereocenters. The van der Waals surface area contributed by atoms with Crippen molar-refractivity contribution in [1.29, 1.82) is 0 Å². The van der Waals surface area contributed by atoms with E-state index in [1.54, 1.807) is 0 Å². The Labute approximate surface area is 139 Å². The fourth-order valence-corrected chi connectivity index (χ4v) is 3.48. The molecule has 0 amide bonds. The minimum atomic E-state index is -0.108. The third-order valence-corrected chi connectivity index (χ3v) is 5.11. The number of benzene rings is 1. The lowest BCUT2D eigenvalue weighted by molar-refractivity contribution is 0.0490. The van der Waals surface area contributed by atoms with Crippen LogP contribution < -0.4 is 4.74 Å². The van der Waals surface area contributed by atoms with E-state index < -0.39 is 0 Å². The molecule has 0 saturated carbocycles. The van der Waals surface area contributed by atoms with Gasteiger partial charge >= 0.3 is 0 Å². The van der Waals surface area contributed by atoms with Crippen molar-refractivity contribution in [1.82, 2.24) is 4.90 Å². The smallest absolute Gasteiger partial charge is 0.119 e. The summed E-state index contributed by atoms with van der Waals surface area (Å²) in [6, 6.07) is 8.98. The van der Waals surface area contributed by atoms with Crippen LogP contribution in [0.25, 0.3) is 0 Å². The van der Waals surface area contributed by atoms with Crippen LogP contribution in [0.4, 0.5) is 0 Å². The number of aliphatic hydroxyl groups excluding tert-OH is 1. The van der Waals surface area contributed by atoms with E-state index >= 15 is 0 Å². The third kappa shape index (κ3) is 4.93. The number of likely N-dealkylation sites (tertiary alicyclic amines) is 1. The van der Waals surface area contributed by atoms with Gasteiger partial charge < -0.3 is 19.5 Å². The highest BCUT2D eigenvalue weighted by Crippen LogP contribution is 2.19. The van der Waals surface area contributed by atoms with Crippen molar-refractivity contribution in [2.24, 2.45) is 5.92 Å². The summed E-state index contributed by atoms with van der Waals surface area (Å²) in [7, 11) is 0. The van der Waals surface area contributed by atoms with E-state index in [0.717, 1.165) is 64.3 Å². The van der Waals surface area contributed by atoms with Gasteiger partial charge in [0.15, 0.2) is 0 Å². The van der Waals surface area contributed by atoms with Crippen LogP contribution in [0.1, 0.15) is 31.7 Å². The molecule has 0 aliphatic carbocycles. The van der Waals surface area contributed by atoms with E-state index in [9.17, 15) is 5.11 Å². The topological polar surface area (TPSA) is 41.9 Å². The lowest BCUT2D eigenvalue weighted by atomic mass is 10.00. The molecular weight excluding hydrogens is 290 g/mol. The molecule has 0 aromatic heterocycles. The van der Waals surface area contributed by atoms with Crippen LogP contribution in [-0.4, -0.2) is 55.1 Å². The maximum atomic E-state index is 9.69. The first kappa shape index (κ1) is 16.7. The Balaban J connectivity index is 1.42. The molecule has 3 rings (SSSR count). The second kappa shape index (κ2) is 8.13. The monoisotopic (exact) mass is 319 g/mol. The first-order valence-electron chi connectivity index (χ1n) is 8.92. The summed E-state index contributed by atoms with van der Waals surface area (Å²) in [5, 5.41) is 9.69. The van der Waals surface area contributed by atoms with Crippen molar-refractivity contribution >= 4 is 0 Å². The van der Waals surface area contributed by atoms with Crippen LogP contribution in [0.15, 0.2) is 24.3 Å². The van der Waals surface area contributed by atoms with Gasteiger partial charge in [0.2, 0.25) is 0 Å². The summed E-state index contributed by atoms with van der Waals surface area (Å²) in [4.78, 5) is 2.48. The quantitative estimate of drug-likeness (QED) is 0.875. The van der Waals surface area contributed by atoms with Crippen molar-refractivity contribution in [2.45, 2.75) is 44.8 Å². The number of ether oxygens (including phenoxy) is 2. The van der Waals surface area contributed by atoms with Crippen molar-refractivity contribution in [3.8, 4) is 5.75 Å². The minimum Gasteiger partial charge on any atom is -0.493 e. The molecule has 128 valence electrons. The second-order valence-electron chi connectivity index (χ2n) is 7.00. The van der Waals surface area contributed by atoms with E-state index in [4.69, 9.17) is 9.47 Å². The van der Waals surface area contributed by atoms with Crippen LogP contribution in [0.2, 0.25) is 0 Å². The number of aliphatic hydroxyl groups is 1. The highest BCUT2D eigenvalue weighted by molar-refractivity contribution is 5.27. The number of rotatable bonds is 6. The fourth-order valence-electron chi connectivity index (χ4n) is 3.48. The van der Waals surface area contributed by atoms with Crippen molar-refractivity contribution in [3.63, 3.8) is 0 Å². The summed E-state index contributed by atoms with van der Waals surface area (Å²) in [6.45, 7) is 6.75. The summed E-state index contributed by atoms with van der Waals surface area (Å²) in [6.07, 6.45) is 3.86. The largest absolute Gasteiger partial charge is 0.493 e. The molecular formula is C19H29NO3. The maximum Gasteiger partial charge on any atom is 0.119 e. The van der Waals surface area contributed by atoms with Crippen LogP contribution in [0.3, 0.4) is 0 Å². The molecule has 2 aliphatic rings. The molecule has 1 N–H and O–H groups in total. The average Bonchev–Trinajstić information content (AvgIpc) is 3.07. The Hall–Kier alpha value is -1.10. The zero-order valence-corrected chi connectivity index (χ0v) is 14.1. The second-order valence-corrected chi connectivity index (χ2v) is 7.00. The Morgan fingerprint density at radius 2 is 2.09 bits per heavy atom. The van der Waals surface area contributed by atoms with Gasteiger partial charge in [-0.1, -0.05) is 12.1 Å². The fraction of sp³-hybridized carbons (Fsp3) is 0.684. The molecule has 2 heterocycles. The third-order valence-electron chi connectivity index (χ3n) is 5.11. The van der Waals surface area contributed by atoms with Gasteiger partial charge in [0, 0.05) is 31.7 Å². The molecule has 1 aromatic carbocycles. The number of hydrogen-bond donors (Lipinski definition) is 1. The maximum absolute atomic E-state index is 9.69. The first-order valence-corrected chi connectivity index (χ1v) is 8.92. The molecule has 4 heteroatoms. The molecule has 3 atom stereocenters. The SMILES string of the molecule is CC1CC(O)CCN1CCc1ccc(OCC2CCOC2)cc1. The molecule has 0 radical (unpaired) electrons. The van der Waals surface area contributed by atoms with E-state index in [1.807, 2.05) is 0 Å². The molecule has 4 nitrogen and oxygen atoms in total. The normalized spacial score (nSPS) is 28.9. The molecule has 0 spiro atoms.